The zero-order chi connectivity index (χ0) is 10.7. The number of nitrogens with one attached hydrogen (secondary N) is 1. The Morgan fingerprint density at radius 3 is 2.29 bits per heavy atom. The predicted molar refractivity (Wildman–Crippen MR) is 56.8 cm³/mol. The first kappa shape index (κ1) is 11.3. The van der Waals surface area contributed by atoms with Crippen LogP contribution in [0, 0.1) is 0 Å². The molecule has 1 aromatic rings. The molecule has 1 amide bonds. The van der Waals surface area contributed by atoms with E-state index in [1.54, 1.807) is 18.2 Å². The van der Waals surface area contributed by atoms with Crippen molar-refractivity contribution in [2.75, 3.05) is 5.32 Å². The molecule has 3 nitrogen and oxygen atoms in total. The highest BCUT2D eigenvalue weighted by Crippen LogP contribution is 2.22. The van der Waals surface area contributed by atoms with E-state index in [1.165, 1.54) is 6.92 Å². The van der Waals surface area contributed by atoms with Gasteiger partial charge in [0.15, 0.2) is 0 Å². The van der Waals surface area contributed by atoms with E-state index in [9.17, 15) is 4.79 Å². The molecule has 0 unspecified atom stereocenters. The van der Waals surface area contributed by atoms with Crippen LogP contribution in [0.15, 0.2) is 18.2 Å². The Morgan fingerprint density at radius 2 is 1.86 bits per heavy atom. The van der Waals surface area contributed by atoms with E-state index in [0.717, 1.165) is 0 Å². The molecule has 0 saturated heterocycles. The maximum Gasteiger partial charge on any atom is 0.252 e. The average molecular weight is 234 g/mol. The lowest BCUT2D eigenvalue weighted by atomic mass is 10.3. The number of aliphatic hydroxyl groups excluding tert-OH is 1. The number of benzene rings is 1. The lowest BCUT2D eigenvalue weighted by Crippen LogP contribution is -2.24. The van der Waals surface area contributed by atoms with E-state index in [2.05, 4.69) is 5.32 Å². The van der Waals surface area contributed by atoms with Gasteiger partial charge in [-0.15, -0.1) is 0 Å². The van der Waals surface area contributed by atoms with Gasteiger partial charge >= 0.3 is 0 Å². The molecule has 14 heavy (non-hydrogen) atoms. The molecule has 1 atom stereocenters. The van der Waals surface area contributed by atoms with Crippen molar-refractivity contribution in [3.63, 3.8) is 0 Å². The smallest absolute Gasteiger partial charge is 0.252 e. The molecule has 0 heterocycles. The molecule has 76 valence electrons. The van der Waals surface area contributed by atoms with E-state index in [0.29, 0.717) is 15.7 Å². The highest BCUT2D eigenvalue weighted by Gasteiger charge is 2.09. The van der Waals surface area contributed by atoms with Gasteiger partial charge in [0.2, 0.25) is 0 Å². The van der Waals surface area contributed by atoms with Gasteiger partial charge in [0.05, 0.1) is 0 Å². The molecule has 0 aliphatic heterocycles. The molecular formula is C9H9Cl2NO2. The van der Waals surface area contributed by atoms with Gasteiger partial charge in [0.25, 0.3) is 5.91 Å². The summed E-state index contributed by atoms with van der Waals surface area (Å²) < 4.78 is 0. The van der Waals surface area contributed by atoms with Crippen molar-refractivity contribution in [2.24, 2.45) is 0 Å². The minimum absolute atomic E-state index is 0.429. The molecule has 0 aliphatic carbocycles. The third-order valence-corrected chi connectivity index (χ3v) is 1.95. The van der Waals surface area contributed by atoms with Crippen molar-refractivity contribution in [3.05, 3.63) is 28.2 Å². The number of hydrogen-bond acceptors (Lipinski definition) is 2. The van der Waals surface area contributed by atoms with Crippen LogP contribution >= 0.6 is 23.2 Å². The van der Waals surface area contributed by atoms with Crippen LogP contribution in [0.5, 0.6) is 0 Å². The summed E-state index contributed by atoms with van der Waals surface area (Å²) in [6.07, 6.45) is -1.06. The zero-order valence-electron chi connectivity index (χ0n) is 7.42. The summed E-state index contributed by atoms with van der Waals surface area (Å²) in [6.45, 7) is 1.38. The molecule has 0 radical (unpaired) electrons. The van der Waals surface area contributed by atoms with Gasteiger partial charge < -0.3 is 10.4 Å². The SMILES string of the molecule is C[C@@H](O)C(=O)Nc1cc(Cl)cc(Cl)c1. The van der Waals surface area contributed by atoms with E-state index in [4.69, 9.17) is 28.3 Å². The molecule has 0 fully saturated rings. The van der Waals surface area contributed by atoms with Crippen LogP contribution in [-0.4, -0.2) is 17.1 Å². The molecule has 1 rings (SSSR count). The second-order valence-electron chi connectivity index (χ2n) is 2.82. The van der Waals surface area contributed by atoms with Crippen LogP contribution in [0.2, 0.25) is 10.0 Å². The number of aliphatic hydroxyl groups is 1. The van der Waals surface area contributed by atoms with Crippen LogP contribution in [0.1, 0.15) is 6.92 Å². The van der Waals surface area contributed by atoms with Crippen molar-refractivity contribution in [3.8, 4) is 0 Å². The van der Waals surface area contributed by atoms with Gasteiger partial charge in [0, 0.05) is 15.7 Å². The summed E-state index contributed by atoms with van der Waals surface area (Å²) in [6, 6.07) is 4.66. The number of halogens is 2. The molecule has 0 aliphatic rings. The second-order valence-corrected chi connectivity index (χ2v) is 3.70. The maximum absolute atomic E-state index is 11.1. The monoisotopic (exact) mass is 233 g/mol. The third kappa shape index (κ3) is 3.18. The summed E-state index contributed by atoms with van der Waals surface area (Å²) in [7, 11) is 0. The first-order valence-corrected chi connectivity index (χ1v) is 4.69. The Morgan fingerprint density at radius 1 is 1.36 bits per heavy atom. The van der Waals surface area contributed by atoms with Gasteiger partial charge in [-0.3, -0.25) is 4.79 Å². The number of rotatable bonds is 2. The van der Waals surface area contributed by atoms with E-state index >= 15 is 0 Å². The molecule has 0 spiro atoms. The normalized spacial score (nSPS) is 12.3. The van der Waals surface area contributed by atoms with E-state index < -0.39 is 12.0 Å². The third-order valence-electron chi connectivity index (χ3n) is 1.51. The Balaban J connectivity index is 2.82. The fraction of sp³-hybridized carbons (Fsp3) is 0.222. The number of anilines is 1. The average Bonchev–Trinajstić information content (AvgIpc) is 2.01. The Labute approximate surface area is 91.6 Å². The first-order chi connectivity index (χ1) is 6.49. The van der Waals surface area contributed by atoms with Crippen LogP contribution in [0.3, 0.4) is 0 Å². The standard InChI is InChI=1S/C9H9Cl2NO2/c1-5(13)9(14)12-8-3-6(10)2-7(11)4-8/h2-5,13H,1H3,(H,12,14)/t5-/m1/s1. The highest BCUT2D eigenvalue weighted by atomic mass is 35.5. The molecule has 0 saturated carbocycles. The molecule has 2 N–H and O–H groups in total. The minimum atomic E-state index is -1.06. The minimum Gasteiger partial charge on any atom is -0.384 e. The fourth-order valence-corrected chi connectivity index (χ4v) is 1.40. The van der Waals surface area contributed by atoms with Gasteiger partial charge in [-0.05, 0) is 25.1 Å². The van der Waals surface area contributed by atoms with Crippen LogP contribution in [-0.2, 0) is 4.79 Å². The van der Waals surface area contributed by atoms with Crippen molar-refractivity contribution in [2.45, 2.75) is 13.0 Å². The van der Waals surface area contributed by atoms with Crippen molar-refractivity contribution in [1.82, 2.24) is 0 Å². The van der Waals surface area contributed by atoms with Crippen LogP contribution < -0.4 is 5.32 Å². The van der Waals surface area contributed by atoms with Crippen molar-refractivity contribution >= 4 is 34.8 Å². The van der Waals surface area contributed by atoms with Gasteiger partial charge in [-0.2, -0.15) is 0 Å². The molecular weight excluding hydrogens is 225 g/mol. The van der Waals surface area contributed by atoms with Gasteiger partial charge in [-0.25, -0.2) is 0 Å². The van der Waals surface area contributed by atoms with E-state index in [-0.39, 0.29) is 0 Å². The number of carbonyl (C=O) groups excluding carboxylic acids is 1. The fourth-order valence-electron chi connectivity index (χ4n) is 0.873. The summed E-state index contributed by atoms with van der Waals surface area (Å²) in [5, 5.41) is 12.3. The summed E-state index contributed by atoms with van der Waals surface area (Å²) in [5.41, 5.74) is 0.466. The molecule has 1 aromatic carbocycles. The maximum atomic E-state index is 11.1. The number of hydrogen-bond donors (Lipinski definition) is 2. The second kappa shape index (κ2) is 4.64. The molecule has 5 heteroatoms. The number of carbonyl (C=O) groups is 1. The van der Waals surface area contributed by atoms with Crippen molar-refractivity contribution < 1.29 is 9.90 Å². The lowest BCUT2D eigenvalue weighted by molar-refractivity contribution is -0.123. The summed E-state index contributed by atoms with van der Waals surface area (Å²) in [5.74, 6) is -0.497. The topological polar surface area (TPSA) is 49.3 Å². The number of amides is 1. The van der Waals surface area contributed by atoms with E-state index in [1.807, 2.05) is 0 Å². The Hall–Kier alpha value is -0.770. The highest BCUT2D eigenvalue weighted by molar-refractivity contribution is 6.35. The quantitative estimate of drug-likeness (QED) is 0.824. The van der Waals surface area contributed by atoms with Gasteiger partial charge in [-0.1, -0.05) is 23.2 Å². The lowest BCUT2D eigenvalue weighted by Gasteiger charge is -2.07. The summed E-state index contributed by atoms with van der Waals surface area (Å²) >= 11 is 11.4. The van der Waals surface area contributed by atoms with Crippen molar-refractivity contribution in [1.29, 1.82) is 0 Å². The molecule has 0 bridgehead atoms. The Kier molecular flexibility index (Phi) is 3.75. The Bertz CT molecular complexity index is 332. The zero-order valence-corrected chi connectivity index (χ0v) is 8.93. The van der Waals surface area contributed by atoms with Crippen LogP contribution in [0.25, 0.3) is 0 Å². The summed E-state index contributed by atoms with van der Waals surface area (Å²) in [4.78, 5) is 11.1. The predicted octanol–water partition coefficient (Wildman–Crippen LogP) is 2.31. The van der Waals surface area contributed by atoms with Gasteiger partial charge in [0.1, 0.15) is 6.10 Å². The molecule has 0 aromatic heterocycles. The first-order valence-electron chi connectivity index (χ1n) is 3.94. The van der Waals surface area contributed by atoms with Crippen LogP contribution in [0.4, 0.5) is 5.69 Å². The largest absolute Gasteiger partial charge is 0.384 e.